The van der Waals surface area contributed by atoms with Gasteiger partial charge in [0.25, 0.3) is 0 Å². The highest BCUT2D eigenvalue weighted by atomic mass is 32.2. The molecule has 0 radical (unpaired) electrons. The van der Waals surface area contributed by atoms with Crippen LogP contribution in [0.2, 0.25) is 0 Å². The normalized spacial score (nSPS) is 16.7. The maximum absolute atomic E-state index is 12.4. The molecule has 1 unspecified atom stereocenters. The number of rotatable bonds is 4. The average molecular weight is 361 g/mol. The van der Waals surface area contributed by atoms with E-state index in [1.54, 1.807) is 11.8 Å². The fraction of sp³-hybridized carbons (Fsp3) is 0.136. The van der Waals surface area contributed by atoms with Gasteiger partial charge in [0.15, 0.2) is 0 Å². The van der Waals surface area contributed by atoms with Gasteiger partial charge in [0, 0.05) is 5.69 Å². The molecule has 1 aliphatic rings. The molecule has 3 nitrogen and oxygen atoms in total. The van der Waals surface area contributed by atoms with Gasteiger partial charge < -0.3 is 4.74 Å². The van der Waals surface area contributed by atoms with E-state index in [0.717, 1.165) is 22.7 Å². The third-order valence-electron chi connectivity index (χ3n) is 4.32. The number of benzene rings is 3. The maximum atomic E-state index is 12.4. The van der Waals surface area contributed by atoms with Crippen molar-refractivity contribution < 1.29 is 9.53 Å². The highest BCUT2D eigenvalue weighted by Gasteiger charge is 2.33. The minimum absolute atomic E-state index is 0.00372. The van der Waals surface area contributed by atoms with Gasteiger partial charge in [0.1, 0.15) is 16.9 Å². The molecule has 0 N–H and O–H groups in total. The summed E-state index contributed by atoms with van der Waals surface area (Å²) in [7, 11) is 0. The summed E-state index contributed by atoms with van der Waals surface area (Å²) in [6, 6.07) is 25.8. The Labute approximate surface area is 157 Å². The molecule has 0 saturated carbocycles. The van der Waals surface area contributed by atoms with Gasteiger partial charge in [0.05, 0.1) is 5.75 Å². The van der Waals surface area contributed by atoms with Crippen LogP contribution in [0.4, 0.5) is 5.69 Å². The van der Waals surface area contributed by atoms with E-state index in [-0.39, 0.29) is 11.3 Å². The molecule has 0 aliphatic carbocycles. The Balaban J connectivity index is 1.56. The highest BCUT2D eigenvalue weighted by Crippen LogP contribution is 2.42. The lowest BCUT2D eigenvalue weighted by Crippen LogP contribution is -2.27. The van der Waals surface area contributed by atoms with Gasteiger partial charge in [-0.25, -0.2) is 0 Å². The number of anilines is 1. The molecule has 1 amide bonds. The van der Waals surface area contributed by atoms with Gasteiger partial charge in [-0.15, -0.1) is 11.8 Å². The molecule has 1 heterocycles. The van der Waals surface area contributed by atoms with Gasteiger partial charge in [-0.2, -0.15) is 0 Å². The molecule has 1 saturated heterocycles. The molecule has 130 valence electrons. The predicted molar refractivity (Wildman–Crippen MR) is 107 cm³/mol. The fourth-order valence-electron chi connectivity index (χ4n) is 2.98. The van der Waals surface area contributed by atoms with E-state index in [9.17, 15) is 4.79 Å². The van der Waals surface area contributed by atoms with E-state index >= 15 is 0 Å². The second-order valence-electron chi connectivity index (χ2n) is 6.25. The fourth-order valence-corrected chi connectivity index (χ4v) is 4.16. The predicted octanol–water partition coefficient (Wildman–Crippen LogP) is 5.57. The first-order chi connectivity index (χ1) is 12.7. The van der Waals surface area contributed by atoms with E-state index < -0.39 is 0 Å². The number of nitrogens with zero attached hydrogens (tertiary/aromatic N) is 1. The van der Waals surface area contributed by atoms with Crippen LogP contribution in [0.3, 0.4) is 0 Å². The average Bonchev–Trinajstić information content (AvgIpc) is 3.05. The second kappa shape index (κ2) is 7.26. The van der Waals surface area contributed by atoms with Crippen LogP contribution < -0.4 is 9.64 Å². The minimum Gasteiger partial charge on any atom is -0.457 e. The number of hydrogen-bond acceptors (Lipinski definition) is 3. The smallest absolute Gasteiger partial charge is 0.238 e. The molecule has 4 heteroatoms. The molecular formula is C22H19NO2S. The summed E-state index contributed by atoms with van der Waals surface area (Å²) in [5.74, 6) is 2.25. The number of thioether (sulfide) groups is 1. The molecule has 4 rings (SSSR count). The number of aryl methyl sites for hydroxylation is 1. The van der Waals surface area contributed by atoms with Gasteiger partial charge >= 0.3 is 0 Å². The van der Waals surface area contributed by atoms with Crippen LogP contribution in [0, 0.1) is 6.92 Å². The third kappa shape index (κ3) is 3.46. The number of para-hydroxylation sites is 1. The van der Waals surface area contributed by atoms with Crippen molar-refractivity contribution in [3.05, 3.63) is 90.0 Å². The summed E-state index contributed by atoms with van der Waals surface area (Å²) in [6.07, 6.45) is 0. The highest BCUT2D eigenvalue weighted by molar-refractivity contribution is 8.00. The van der Waals surface area contributed by atoms with Crippen LogP contribution in [0.1, 0.15) is 16.5 Å². The van der Waals surface area contributed by atoms with Crippen LogP contribution in [-0.4, -0.2) is 11.7 Å². The van der Waals surface area contributed by atoms with Crippen LogP contribution >= 0.6 is 11.8 Å². The Bertz CT molecular complexity index is 892. The Morgan fingerprint density at radius 3 is 2.23 bits per heavy atom. The van der Waals surface area contributed by atoms with E-state index in [2.05, 4.69) is 0 Å². The van der Waals surface area contributed by atoms with Crippen molar-refractivity contribution in [3.63, 3.8) is 0 Å². The molecule has 1 fully saturated rings. The van der Waals surface area contributed by atoms with E-state index in [4.69, 9.17) is 4.74 Å². The molecule has 1 atom stereocenters. The number of ether oxygens (including phenoxy) is 1. The van der Waals surface area contributed by atoms with Crippen molar-refractivity contribution in [2.75, 3.05) is 10.7 Å². The summed E-state index contributed by atoms with van der Waals surface area (Å²) in [6.45, 7) is 2.05. The Morgan fingerprint density at radius 1 is 0.885 bits per heavy atom. The first-order valence-corrected chi connectivity index (χ1v) is 9.59. The molecule has 26 heavy (non-hydrogen) atoms. The first-order valence-electron chi connectivity index (χ1n) is 8.54. The van der Waals surface area contributed by atoms with E-state index in [1.165, 1.54) is 5.56 Å². The van der Waals surface area contributed by atoms with Gasteiger partial charge in [-0.1, -0.05) is 48.0 Å². The van der Waals surface area contributed by atoms with E-state index in [1.807, 2.05) is 90.7 Å². The van der Waals surface area contributed by atoms with Gasteiger partial charge in [0.2, 0.25) is 5.91 Å². The molecule has 0 bridgehead atoms. The van der Waals surface area contributed by atoms with E-state index in [0.29, 0.717) is 5.75 Å². The summed E-state index contributed by atoms with van der Waals surface area (Å²) in [5.41, 5.74) is 3.23. The van der Waals surface area contributed by atoms with Crippen molar-refractivity contribution in [3.8, 4) is 11.5 Å². The Morgan fingerprint density at radius 2 is 1.54 bits per heavy atom. The maximum Gasteiger partial charge on any atom is 0.238 e. The number of hydrogen-bond donors (Lipinski definition) is 0. The van der Waals surface area contributed by atoms with Crippen LogP contribution in [0.15, 0.2) is 78.9 Å². The number of amides is 1. The van der Waals surface area contributed by atoms with Crippen LogP contribution in [0.5, 0.6) is 11.5 Å². The number of carbonyl (C=O) groups excluding carboxylic acids is 1. The van der Waals surface area contributed by atoms with Gasteiger partial charge in [-0.05, 0) is 48.9 Å². The van der Waals surface area contributed by atoms with Gasteiger partial charge in [-0.3, -0.25) is 9.69 Å². The lowest BCUT2D eigenvalue weighted by molar-refractivity contribution is -0.115. The Hall–Kier alpha value is -2.72. The minimum atomic E-state index is -0.00372. The third-order valence-corrected chi connectivity index (χ3v) is 5.54. The number of carbonyl (C=O) groups is 1. The summed E-state index contributed by atoms with van der Waals surface area (Å²) < 4.78 is 5.85. The SMILES string of the molecule is Cc1ccc(N2C(=O)CSC2c2ccc(Oc3ccccc3)cc2)cc1. The van der Waals surface area contributed by atoms with Crippen molar-refractivity contribution in [2.45, 2.75) is 12.3 Å². The summed E-state index contributed by atoms with van der Waals surface area (Å²) in [5, 5.41) is -0.00372. The van der Waals surface area contributed by atoms with Crippen molar-refractivity contribution in [1.29, 1.82) is 0 Å². The summed E-state index contributed by atoms with van der Waals surface area (Å²) >= 11 is 1.66. The zero-order chi connectivity index (χ0) is 17.9. The lowest BCUT2D eigenvalue weighted by atomic mass is 10.1. The molecular weight excluding hydrogens is 342 g/mol. The lowest BCUT2D eigenvalue weighted by Gasteiger charge is -2.24. The largest absolute Gasteiger partial charge is 0.457 e. The quantitative estimate of drug-likeness (QED) is 0.609. The zero-order valence-corrected chi connectivity index (χ0v) is 15.3. The summed E-state index contributed by atoms with van der Waals surface area (Å²) in [4.78, 5) is 14.3. The monoisotopic (exact) mass is 361 g/mol. The standard InChI is InChI=1S/C22H19NO2S/c1-16-7-11-18(12-8-16)23-21(24)15-26-22(23)17-9-13-20(14-10-17)25-19-5-3-2-4-6-19/h2-14,22H,15H2,1H3. The van der Waals surface area contributed by atoms with Crippen LogP contribution in [0.25, 0.3) is 0 Å². The van der Waals surface area contributed by atoms with Crippen molar-refractivity contribution >= 4 is 23.4 Å². The zero-order valence-electron chi connectivity index (χ0n) is 14.5. The molecule has 1 aliphatic heterocycles. The molecule has 3 aromatic rings. The second-order valence-corrected chi connectivity index (χ2v) is 7.32. The first kappa shape index (κ1) is 16.7. The van der Waals surface area contributed by atoms with Crippen molar-refractivity contribution in [1.82, 2.24) is 0 Å². The molecule has 3 aromatic carbocycles. The topological polar surface area (TPSA) is 29.5 Å². The molecule has 0 spiro atoms. The van der Waals surface area contributed by atoms with Crippen LogP contribution in [-0.2, 0) is 4.79 Å². The van der Waals surface area contributed by atoms with Crippen molar-refractivity contribution in [2.24, 2.45) is 0 Å². The molecule has 0 aromatic heterocycles. The Kier molecular flexibility index (Phi) is 4.67.